The van der Waals surface area contributed by atoms with Crippen molar-refractivity contribution in [2.45, 2.75) is 6.54 Å². The molecule has 0 spiro atoms. The predicted octanol–water partition coefficient (Wildman–Crippen LogP) is 2.28. The number of fused-ring (bicyclic) bond motifs is 3. The fraction of sp³-hybridized carbons (Fsp3) is 0.182. The molecule has 0 amide bonds. The van der Waals surface area contributed by atoms with E-state index < -0.39 is 0 Å². The highest BCUT2D eigenvalue weighted by Gasteiger charge is 2.23. The molecule has 15 heavy (non-hydrogen) atoms. The third-order valence-electron chi connectivity index (χ3n) is 2.58. The molecule has 76 valence electrons. The van der Waals surface area contributed by atoms with Gasteiger partial charge in [0.25, 0.3) is 0 Å². The van der Waals surface area contributed by atoms with E-state index in [9.17, 15) is 0 Å². The van der Waals surface area contributed by atoms with Crippen molar-refractivity contribution in [3.63, 3.8) is 0 Å². The van der Waals surface area contributed by atoms with Crippen LogP contribution in [0.25, 0.3) is 11.3 Å². The Morgan fingerprint density at radius 3 is 3.13 bits per heavy atom. The Hall–Kier alpha value is -1.97. The molecule has 0 fully saturated rings. The van der Waals surface area contributed by atoms with Gasteiger partial charge in [0, 0.05) is 17.8 Å². The van der Waals surface area contributed by atoms with Crippen molar-refractivity contribution in [2.24, 2.45) is 0 Å². The molecule has 4 heteroatoms. The van der Waals surface area contributed by atoms with E-state index in [0.717, 1.165) is 22.5 Å². The summed E-state index contributed by atoms with van der Waals surface area (Å²) in [5, 5.41) is 7.33. The molecule has 1 aromatic heterocycles. The molecule has 1 aliphatic heterocycles. The molecule has 0 aliphatic carbocycles. The lowest BCUT2D eigenvalue weighted by Crippen LogP contribution is -2.07. The first-order chi connectivity index (χ1) is 7.40. The van der Waals surface area contributed by atoms with Gasteiger partial charge in [-0.25, -0.2) is 0 Å². The summed E-state index contributed by atoms with van der Waals surface area (Å²) in [6, 6.07) is 8.02. The molecule has 3 rings (SSSR count). The number of nitrogens with zero attached hydrogens (tertiary/aromatic N) is 1. The Balaban J connectivity index is 2.22. The highest BCUT2D eigenvalue weighted by atomic mass is 16.6. The van der Waals surface area contributed by atoms with Gasteiger partial charge in [-0.05, 0) is 6.07 Å². The van der Waals surface area contributed by atoms with Gasteiger partial charge in [-0.15, -0.1) is 0 Å². The molecular weight excluding hydrogens is 192 g/mol. The van der Waals surface area contributed by atoms with E-state index in [2.05, 4.69) is 10.5 Å². The van der Waals surface area contributed by atoms with Gasteiger partial charge in [0.1, 0.15) is 5.69 Å². The summed E-state index contributed by atoms with van der Waals surface area (Å²) in [4.78, 5) is 0. The number of anilines is 1. The van der Waals surface area contributed by atoms with Crippen LogP contribution in [0.3, 0.4) is 0 Å². The number of aromatic nitrogens is 1. The topological polar surface area (TPSA) is 47.3 Å². The van der Waals surface area contributed by atoms with Crippen LogP contribution in [0, 0.1) is 0 Å². The fourth-order valence-corrected chi connectivity index (χ4v) is 1.85. The van der Waals surface area contributed by atoms with Crippen LogP contribution in [0.4, 0.5) is 5.69 Å². The summed E-state index contributed by atoms with van der Waals surface area (Å²) in [7, 11) is 1.58. The molecule has 2 aromatic rings. The van der Waals surface area contributed by atoms with Crippen LogP contribution in [0.1, 0.15) is 5.56 Å². The van der Waals surface area contributed by atoms with E-state index >= 15 is 0 Å². The maximum atomic E-state index is 5.11. The van der Waals surface area contributed by atoms with Gasteiger partial charge >= 0.3 is 5.95 Å². The summed E-state index contributed by atoms with van der Waals surface area (Å²) >= 11 is 0. The summed E-state index contributed by atoms with van der Waals surface area (Å²) in [5.74, 6) is 0.493. The van der Waals surface area contributed by atoms with Crippen molar-refractivity contribution < 1.29 is 9.26 Å². The van der Waals surface area contributed by atoms with Gasteiger partial charge in [0.2, 0.25) is 0 Å². The first-order valence-corrected chi connectivity index (χ1v) is 4.76. The van der Waals surface area contributed by atoms with E-state index in [0.29, 0.717) is 12.5 Å². The smallest absolute Gasteiger partial charge is 0.316 e. The van der Waals surface area contributed by atoms with Crippen LogP contribution >= 0.6 is 0 Å². The van der Waals surface area contributed by atoms with Gasteiger partial charge in [-0.2, -0.15) is 0 Å². The summed E-state index contributed by atoms with van der Waals surface area (Å²) < 4.78 is 10.2. The first-order valence-electron chi connectivity index (χ1n) is 4.76. The summed E-state index contributed by atoms with van der Waals surface area (Å²) in [6.07, 6.45) is 0. The zero-order chi connectivity index (χ0) is 10.3. The van der Waals surface area contributed by atoms with Crippen LogP contribution in [0.2, 0.25) is 0 Å². The number of hydrogen-bond donors (Lipinski definition) is 1. The van der Waals surface area contributed by atoms with Gasteiger partial charge in [-0.1, -0.05) is 23.4 Å². The Bertz CT molecular complexity index is 505. The van der Waals surface area contributed by atoms with E-state index in [1.807, 2.05) is 24.3 Å². The summed E-state index contributed by atoms with van der Waals surface area (Å²) in [5.41, 5.74) is 4.00. The van der Waals surface area contributed by atoms with E-state index in [4.69, 9.17) is 9.26 Å². The number of hydrogen-bond acceptors (Lipinski definition) is 4. The predicted molar refractivity (Wildman–Crippen MR) is 55.8 cm³/mol. The van der Waals surface area contributed by atoms with Gasteiger partial charge < -0.3 is 14.6 Å². The average Bonchev–Trinajstić information content (AvgIpc) is 2.72. The fourth-order valence-electron chi connectivity index (χ4n) is 1.85. The highest BCUT2D eigenvalue weighted by molar-refractivity contribution is 5.80. The van der Waals surface area contributed by atoms with Crippen LogP contribution in [0.5, 0.6) is 5.95 Å². The van der Waals surface area contributed by atoms with Crippen LogP contribution < -0.4 is 10.1 Å². The molecule has 0 saturated carbocycles. The van der Waals surface area contributed by atoms with Crippen molar-refractivity contribution >= 4 is 5.69 Å². The molecule has 0 unspecified atom stereocenters. The number of nitrogens with one attached hydrogen (secondary N) is 1. The summed E-state index contributed by atoms with van der Waals surface area (Å²) in [6.45, 7) is 0.693. The maximum Gasteiger partial charge on any atom is 0.316 e. The molecule has 0 radical (unpaired) electrons. The van der Waals surface area contributed by atoms with Crippen LogP contribution in [-0.4, -0.2) is 12.3 Å². The third-order valence-corrected chi connectivity index (χ3v) is 2.58. The van der Waals surface area contributed by atoms with Gasteiger partial charge in [0.15, 0.2) is 0 Å². The normalized spacial score (nSPS) is 12.6. The Labute approximate surface area is 86.8 Å². The van der Waals surface area contributed by atoms with E-state index in [1.165, 1.54) is 0 Å². The number of methoxy groups -OCH3 is 1. The highest BCUT2D eigenvalue weighted by Crippen LogP contribution is 2.38. The standard InChI is InChI=1S/C11H10N2O2/c1-14-11-8-6-12-9-5-3-2-4-7(9)10(8)13-15-11/h2-5,12H,6H2,1H3. The molecule has 0 bridgehead atoms. The zero-order valence-electron chi connectivity index (χ0n) is 8.28. The lowest BCUT2D eigenvalue weighted by molar-refractivity contribution is 0.259. The van der Waals surface area contributed by atoms with Crippen molar-refractivity contribution in [3.8, 4) is 17.2 Å². The monoisotopic (exact) mass is 202 g/mol. The number of benzene rings is 1. The third kappa shape index (κ3) is 1.11. The van der Waals surface area contributed by atoms with Crippen molar-refractivity contribution in [1.29, 1.82) is 0 Å². The minimum absolute atomic E-state index is 0.493. The van der Waals surface area contributed by atoms with E-state index in [-0.39, 0.29) is 0 Å². The lowest BCUT2D eigenvalue weighted by Gasteiger charge is -2.16. The number of ether oxygens (including phenoxy) is 1. The molecule has 1 N–H and O–H groups in total. The minimum Gasteiger partial charge on any atom is -0.467 e. The van der Waals surface area contributed by atoms with E-state index in [1.54, 1.807) is 7.11 Å². The number of rotatable bonds is 1. The second-order valence-corrected chi connectivity index (χ2v) is 3.40. The lowest BCUT2D eigenvalue weighted by atomic mass is 10.0. The second kappa shape index (κ2) is 3.02. The molecular formula is C11H10N2O2. The maximum absolute atomic E-state index is 5.11. The first kappa shape index (κ1) is 8.35. The number of para-hydroxylation sites is 1. The van der Waals surface area contributed by atoms with Gasteiger partial charge in [0.05, 0.1) is 12.7 Å². The SMILES string of the molecule is COc1onc2c1CNc1ccccc1-2. The second-order valence-electron chi connectivity index (χ2n) is 3.40. The van der Waals surface area contributed by atoms with Crippen LogP contribution in [0.15, 0.2) is 28.8 Å². The molecule has 1 aliphatic rings. The molecule has 2 heterocycles. The Kier molecular flexibility index (Phi) is 1.68. The van der Waals surface area contributed by atoms with Crippen molar-refractivity contribution in [3.05, 3.63) is 29.8 Å². The van der Waals surface area contributed by atoms with Crippen molar-refractivity contribution in [1.82, 2.24) is 5.16 Å². The van der Waals surface area contributed by atoms with Gasteiger partial charge in [-0.3, -0.25) is 0 Å². The van der Waals surface area contributed by atoms with Crippen molar-refractivity contribution in [2.75, 3.05) is 12.4 Å². The zero-order valence-corrected chi connectivity index (χ0v) is 8.28. The average molecular weight is 202 g/mol. The largest absolute Gasteiger partial charge is 0.467 e. The Morgan fingerprint density at radius 1 is 1.40 bits per heavy atom. The Morgan fingerprint density at radius 2 is 2.27 bits per heavy atom. The molecule has 4 nitrogen and oxygen atoms in total. The molecule has 1 aromatic carbocycles. The minimum atomic E-state index is 0.493. The molecule has 0 atom stereocenters. The van der Waals surface area contributed by atoms with Crippen LogP contribution in [-0.2, 0) is 6.54 Å². The molecule has 0 saturated heterocycles. The quantitative estimate of drug-likeness (QED) is 0.770.